The van der Waals surface area contributed by atoms with Gasteiger partial charge in [0.2, 0.25) is 11.8 Å². The molecule has 134 valence electrons. The van der Waals surface area contributed by atoms with E-state index >= 15 is 0 Å². The topological polar surface area (TPSA) is 62.5 Å². The molecule has 1 aromatic rings. The summed E-state index contributed by atoms with van der Waals surface area (Å²) in [6, 6.07) is 0.717. The molecule has 0 N–H and O–H groups in total. The van der Waals surface area contributed by atoms with Crippen molar-refractivity contribution >= 4 is 5.91 Å². The molecule has 0 aliphatic carbocycles. The van der Waals surface area contributed by atoms with Gasteiger partial charge in [0.15, 0.2) is 5.82 Å². The highest BCUT2D eigenvalue weighted by Crippen LogP contribution is 2.33. The van der Waals surface area contributed by atoms with Gasteiger partial charge in [0, 0.05) is 19.0 Å². The van der Waals surface area contributed by atoms with Crippen molar-refractivity contribution in [1.29, 1.82) is 0 Å². The van der Waals surface area contributed by atoms with Crippen molar-refractivity contribution in [3.05, 3.63) is 11.7 Å². The zero-order chi connectivity index (χ0) is 16.9. The van der Waals surface area contributed by atoms with Gasteiger partial charge in [-0.2, -0.15) is 4.98 Å². The summed E-state index contributed by atoms with van der Waals surface area (Å²) in [5.41, 5.74) is 0. The maximum absolute atomic E-state index is 12.6. The largest absolute Gasteiger partial charge is 0.337 e. The third-order valence-corrected chi connectivity index (χ3v) is 5.59. The molecule has 3 heterocycles. The quantitative estimate of drug-likeness (QED) is 0.800. The molecule has 24 heavy (non-hydrogen) atoms. The molecule has 0 saturated carbocycles. The van der Waals surface area contributed by atoms with Crippen LogP contribution in [0.15, 0.2) is 4.52 Å². The summed E-state index contributed by atoms with van der Waals surface area (Å²) < 4.78 is 5.15. The molecule has 0 radical (unpaired) electrons. The Labute approximate surface area is 144 Å². The fourth-order valence-electron chi connectivity index (χ4n) is 4.32. The van der Waals surface area contributed by atoms with Gasteiger partial charge >= 0.3 is 0 Å². The predicted molar refractivity (Wildman–Crippen MR) is 91.3 cm³/mol. The molecule has 0 spiro atoms. The Hall–Kier alpha value is -1.43. The summed E-state index contributed by atoms with van der Waals surface area (Å²) in [5, 5.41) is 3.80. The molecule has 2 fully saturated rings. The zero-order valence-corrected chi connectivity index (χ0v) is 15.0. The van der Waals surface area contributed by atoms with Gasteiger partial charge < -0.3 is 14.3 Å². The van der Waals surface area contributed by atoms with E-state index in [4.69, 9.17) is 4.52 Å². The van der Waals surface area contributed by atoms with E-state index in [0.717, 1.165) is 6.42 Å². The van der Waals surface area contributed by atoms with Crippen molar-refractivity contribution in [3.8, 4) is 0 Å². The lowest BCUT2D eigenvalue weighted by atomic mass is 9.81. The molecule has 0 unspecified atom stereocenters. The number of amides is 1. The number of hydrogen-bond acceptors (Lipinski definition) is 5. The Morgan fingerprint density at radius 1 is 1.29 bits per heavy atom. The third kappa shape index (κ3) is 4.15. The number of fused-ring (bicyclic) bond motifs is 1. The number of rotatable bonds is 6. The van der Waals surface area contributed by atoms with Crippen molar-refractivity contribution < 1.29 is 9.32 Å². The van der Waals surface area contributed by atoms with Crippen molar-refractivity contribution in [3.63, 3.8) is 0 Å². The van der Waals surface area contributed by atoms with Crippen LogP contribution in [-0.2, 0) is 11.3 Å². The molecule has 0 aromatic carbocycles. The molecule has 0 bridgehead atoms. The minimum absolute atomic E-state index is 0.210. The van der Waals surface area contributed by atoms with Gasteiger partial charge in [-0.05, 0) is 65.0 Å². The third-order valence-electron chi connectivity index (χ3n) is 5.59. The lowest BCUT2D eigenvalue weighted by molar-refractivity contribution is -0.132. The Bertz CT molecular complexity index is 543. The van der Waals surface area contributed by atoms with Crippen molar-refractivity contribution in [2.24, 2.45) is 5.92 Å². The van der Waals surface area contributed by atoms with E-state index in [0.29, 0.717) is 43.2 Å². The molecular weight excluding hydrogens is 304 g/mol. The smallest absolute Gasteiger partial charge is 0.246 e. The highest BCUT2D eigenvalue weighted by atomic mass is 16.5. The van der Waals surface area contributed by atoms with Gasteiger partial charge in [0.1, 0.15) is 0 Å². The zero-order valence-electron chi connectivity index (χ0n) is 15.0. The van der Waals surface area contributed by atoms with Crippen LogP contribution in [0, 0.1) is 12.8 Å². The predicted octanol–water partition coefficient (Wildman–Crippen LogP) is 2.77. The summed E-state index contributed by atoms with van der Waals surface area (Å²) >= 11 is 0. The number of nitrogens with zero attached hydrogens (tertiary/aromatic N) is 4. The Kier molecular flexibility index (Phi) is 5.87. The van der Waals surface area contributed by atoms with E-state index in [9.17, 15) is 4.79 Å². The molecule has 2 saturated heterocycles. The molecule has 2 aliphatic rings. The first-order valence-corrected chi connectivity index (χ1v) is 9.48. The average molecular weight is 334 g/mol. The van der Waals surface area contributed by atoms with E-state index in [-0.39, 0.29) is 5.91 Å². The van der Waals surface area contributed by atoms with Crippen molar-refractivity contribution in [1.82, 2.24) is 19.9 Å². The normalized spacial score (nSPS) is 24.6. The van der Waals surface area contributed by atoms with Crippen LogP contribution in [-0.4, -0.2) is 51.5 Å². The summed E-state index contributed by atoms with van der Waals surface area (Å²) in [7, 11) is 0. The van der Waals surface area contributed by atoms with Crippen LogP contribution in [0.4, 0.5) is 0 Å². The number of hydrogen-bond donors (Lipinski definition) is 0. The Balaban J connectivity index is 1.51. The average Bonchev–Trinajstić information content (AvgIpc) is 3.02. The highest BCUT2D eigenvalue weighted by molar-refractivity contribution is 5.76. The van der Waals surface area contributed by atoms with Gasteiger partial charge in [-0.25, -0.2) is 0 Å². The van der Waals surface area contributed by atoms with Gasteiger partial charge in [0.25, 0.3) is 0 Å². The number of aromatic nitrogens is 2. The molecule has 6 heteroatoms. The fourth-order valence-corrected chi connectivity index (χ4v) is 4.32. The van der Waals surface area contributed by atoms with Gasteiger partial charge in [-0.15, -0.1) is 0 Å². The first-order valence-electron chi connectivity index (χ1n) is 9.48. The maximum Gasteiger partial charge on any atom is 0.246 e. The highest BCUT2D eigenvalue weighted by Gasteiger charge is 2.33. The molecule has 2 aliphatic heterocycles. The van der Waals surface area contributed by atoms with E-state index in [1.54, 1.807) is 6.92 Å². The van der Waals surface area contributed by atoms with Crippen molar-refractivity contribution in [2.75, 3.05) is 19.6 Å². The van der Waals surface area contributed by atoms with Gasteiger partial charge in [-0.3, -0.25) is 4.79 Å². The minimum Gasteiger partial charge on any atom is -0.337 e. The number of piperidine rings is 2. The lowest BCUT2D eigenvalue weighted by Crippen LogP contribution is -2.48. The van der Waals surface area contributed by atoms with Crippen LogP contribution in [0.3, 0.4) is 0 Å². The molecule has 6 nitrogen and oxygen atoms in total. The van der Waals surface area contributed by atoms with E-state index < -0.39 is 0 Å². The van der Waals surface area contributed by atoms with Crippen LogP contribution in [0.2, 0.25) is 0 Å². The fraction of sp³-hybridized carbons (Fsp3) is 0.833. The Morgan fingerprint density at radius 3 is 2.88 bits per heavy atom. The second-order valence-corrected chi connectivity index (χ2v) is 7.18. The Morgan fingerprint density at radius 2 is 2.12 bits per heavy atom. The molecule has 1 amide bonds. The lowest BCUT2D eigenvalue weighted by Gasteiger charge is -2.44. The van der Waals surface area contributed by atoms with Crippen LogP contribution < -0.4 is 0 Å². The standard InChI is InChI=1S/C18H30N4O2/c1-3-21(13-17-19-14(2)20-24-17)18(23)10-9-15-7-6-12-22-11-5-4-8-16(15)22/h15-16H,3-13H2,1-2H3/t15-,16+/m0/s1. The summed E-state index contributed by atoms with van der Waals surface area (Å²) in [5.74, 6) is 2.04. The summed E-state index contributed by atoms with van der Waals surface area (Å²) in [6.07, 6.45) is 8.23. The van der Waals surface area contributed by atoms with Crippen LogP contribution >= 0.6 is 0 Å². The van der Waals surface area contributed by atoms with Crippen LogP contribution in [0.5, 0.6) is 0 Å². The van der Waals surface area contributed by atoms with E-state index in [1.165, 1.54) is 45.2 Å². The van der Waals surface area contributed by atoms with Gasteiger partial charge in [-0.1, -0.05) is 11.6 Å². The number of carbonyl (C=O) groups excluding carboxylic acids is 1. The number of aryl methyl sites for hydroxylation is 1. The SMILES string of the molecule is CCN(Cc1nc(C)no1)C(=O)CC[C@@H]1CCCN2CCCC[C@H]12. The van der Waals surface area contributed by atoms with Crippen molar-refractivity contribution in [2.45, 2.75) is 71.4 Å². The molecule has 2 atom stereocenters. The second kappa shape index (κ2) is 8.10. The van der Waals surface area contributed by atoms with E-state index in [2.05, 4.69) is 15.0 Å². The first kappa shape index (κ1) is 17.4. The monoisotopic (exact) mass is 334 g/mol. The van der Waals surface area contributed by atoms with Crippen LogP contribution in [0.1, 0.15) is 63.6 Å². The summed E-state index contributed by atoms with van der Waals surface area (Å²) in [6.45, 7) is 7.42. The number of carbonyl (C=O) groups is 1. The maximum atomic E-state index is 12.6. The minimum atomic E-state index is 0.210. The molecular formula is C18H30N4O2. The second-order valence-electron chi connectivity index (χ2n) is 7.18. The molecule has 1 aromatic heterocycles. The summed E-state index contributed by atoms with van der Waals surface area (Å²) in [4.78, 5) is 21.3. The van der Waals surface area contributed by atoms with Gasteiger partial charge in [0.05, 0.1) is 6.54 Å². The van der Waals surface area contributed by atoms with E-state index in [1.807, 2.05) is 11.8 Å². The van der Waals surface area contributed by atoms with Crippen LogP contribution in [0.25, 0.3) is 0 Å². The first-order chi connectivity index (χ1) is 11.7. The molecule has 3 rings (SSSR count).